The maximum atomic E-state index is 9.29. The highest BCUT2D eigenvalue weighted by atomic mass is 16.3. The number of hydrogen-bond donors (Lipinski definition) is 1. The molecule has 19 heavy (non-hydrogen) atoms. The van der Waals surface area contributed by atoms with Gasteiger partial charge in [-0.1, -0.05) is 42.5 Å². The molecule has 0 spiro atoms. The van der Waals surface area contributed by atoms with Crippen LogP contribution in [0.4, 0.5) is 0 Å². The summed E-state index contributed by atoms with van der Waals surface area (Å²) in [5, 5.41) is 9.29. The fourth-order valence-electron chi connectivity index (χ4n) is 2.19. The average Bonchev–Trinajstić information content (AvgIpc) is 2.87. The first-order valence-electron chi connectivity index (χ1n) is 6.38. The van der Waals surface area contributed by atoms with Crippen molar-refractivity contribution in [3.05, 3.63) is 66.2 Å². The first kappa shape index (κ1) is 11.7. The Morgan fingerprint density at radius 2 is 1.37 bits per heavy atom. The molecular weight excluding hydrogens is 234 g/mol. The van der Waals surface area contributed by atoms with Crippen LogP contribution in [0.5, 0.6) is 5.75 Å². The fourth-order valence-corrected chi connectivity index (χ4v) is 2.19. The Bertz CT molecular complexity index is 636. The number of phenols is 1. The van der Waals surface area contributed by atoms with Gasteiger partial charge in [-0.3, -0.25) is 4.99 Å². The second-order valence-electron chi connectivity index (χ2n) is 4.74. The fraction of sp³-hybridized carbons (Fsp3) is 0.118. The zero-order chi connectivity index (χ0) is 13.2. The lowest BCUT2D eigenvalue weighted by Gasteiger charge is -2.04. The van der Waals surface area contributed by atoms with Gasteiger partial charge in [0.1, 0.15) is 5.75 Å². The van der Waals surface area contributed by atoms with Gasteiger partial charge in [0.25, 0.3) is 0 Å². The van der Waals surface area contributed by atoms with Gasteiger partial charge in [-0.2, -0.15) is 0 Å². The number of allylic oxidation sites excluding steroid dienone is 1. The van der Waals surface area contributed by atoms with Crippen molar-refractivity contribution in [2.24, 2.45) is 4.99 Å². The molecule has 0 radical (unpaired) electrons. The van der Waals surface area contributed by atoms with Crippen molar-refractivity contribution in [1.82, 2.24) is 0 Å². The summed E-state index contributed by atoms with van der Waals surface area (Å²) in [5.41, 5.74) is 4.42. The van der Waals surface area contributed by atoms with Crippen molar-refractivity contribution in [2.75, 3.05) is 0 Å². The molecule has 2 aromatic rings. The zero-order valence-electron chi connectivity index (χ0n) is 10.7. The van der Waals surface area contributed by atoms with Gasteiger partial charge in [0.15, 0.2) is 0 Å². The van der Waals surface area contributed by atoms with Gasteiger partial charge in [-0.15, -0.1) is 0 Å². The minimum atomic E-state index is 0.284. The molecule has 0 bridgehead atoms. The summed E-state index contributed by atoms with van der Waals surface area (Å²) < 4.78 is 0. The summed E-state index contributed by atoms with van der Waals surface area (Å²) in [6, 6.07) is 15.9. The molecule has 1 aliphatic rings. The second kappa shape index (κ2) is 4.73. The highest BCUT2D eigenvalue weighted by molar-refractivity contribution is 6.10. The Morgan fingerprint density at radius 3 is 1.89 bits per heavy atom. The summed E-state index contributed by atoms with van der Waals surface area (Å²) in [6.07, 6.45) is 4.17. The first-order chi connectivity index (χ1) is 9.22. The summed E-state index contributed by atoms with van der Waals surface area (Å²) in [5.74, 6) is 0.291. The number of aliphatic imine (C=N–C) groups is 1. The third-order valence-electron chi connectivity index (χ3n) is 3.26. The molecule has 0 saturated carbocycles. The topological polar surface area (TPSA) is 32.6 Å². The van der Waals surface area contributed by atoms with Gasteiger partial charge in [0, 0.05) is 0 Å². The number of benzene rings is 2. The van der Waals surface area contributed by atoms with E-state index in [0.717, 1.165) is 22.4 Å². The SMILES string of the molecule is CC1C=CC(c2ccc(-c3ccc(O)cc3)cc2)=N1. The molecule has 94 valence electrons. The maximum absolute atomic E-state index is 9.29. The van der Waals surface area contributed by atoms with Crippen molar-refractivity contribution >= 4 is 5.71 Å². The monoisotopic (exact) mass is 249 g/mol. The lowest BCUT2D eigenvalue weighted by molar-refractivity contribution is 0.475. The van der Waals surface area contributed by atoms with E-state index >= 15 is 0 Å². The Morgan fingerprint density at radius 1 is 0.842 bits per heavy atom. The van der Waals surface area contributed by atoms with E-state index in [1.807, 2.05) is 12.1 Å². The smallest absolute Gasteiger partial charge is 0.115 e. The van der Waals surface area contributed by atoms with Crippen LogP contribution >= 0.6 is 0 Å². The van der Waals surface area contributed by atoms with E-state index in [9.17, 15) is 5.11 Å². The second-order valence-corrected chi connectivity index (χ2v) is 4.74. The molecule has 1 unspecified atom stereocenters. The number of phenolic OH excluding ortho intramolecular Hbond substituents is 1. The minimum Gasteiger partial charge on any atom is -0.508 e. The van der Waals surface area contributed by atoms with Gasteiger partial charge in [0.2, 0.25) is 0 Å². The highest BCUT2D eigenvalue weighted by Gasteiger charge is 2.08. The predicted molar refractivity (Wildman–Crippen MR) is 78.7 cm³/mol. The van der Waals surface area contributed by atoms with Crippen molar-refractivity contribution in [3.8, 4) is 16.9 Å². The maximum Gasteiger partial charge on any atom is 0.115 e. The molecule has 2 heteroatoms. The van der Waals surface area contributed by atoms with Crippen molar-refractivity contribution in [1.29, 1.82) is 0 Å². The minimum absolute atomic E-state index is 0.284. The zero-order valence-corrected chi connectivity index (χ0v) is 10.7. The molecule has 1 atom stereocenters. The van der Waals surface area contributed by atoms with Crippen LogP contribution in [0.15, 0.2) is 65.7 Å². The van der Waals surface area contributed by atoms with Crippen LogP contribution in [-0.2, 0) is 0 Å². The van der Waals surface area contributed by atoms with Gasteiger partial charge in [-0.25, -0.2) is 0 Å². The number of hydrogen-bond acceptors (Lipinski definition) is 2. The standard InChI is InChI=1S/C17H15NO/c1-12-2-11-17(18-12)15-5-3-13(4-6-15)14-7-9-16(19)10-8-14/h2-12,19H,1H3. The molecule has 2 nitrogen and oxygen atoms in total. The Labute approximate surface area is 112 Å². The summed E-state index contributed by atoms with van der Waals surface area (Å²) >= 11 is 0. The molecule has 2 aromatic carbocycles. The Kier molecular flexibility index (Phi) is 2.92. The summed E-state index contributed by atoms with van der Waals surface area (Å²) in [6.45, 7) is 2.08. The van der Waals surface area contributed by atoms with Gasteiger partial charge in [-0.05, 0) is 41.8 Å². The van der Waals surface area contributed by atoms with Gasteiger partial charge in [0.05, 0.1) is 11.8 Å². The molecule has 0 saturated heterocycles. The van der Waals surface area contributed by atoms with Crippen LogP contribution in [0.2, 0.25) is 0 Å². The van der Waals surface area contributed by atoms with Gasteiger partial charge >= 0.3 is 0 Å². The quantitative estimate of drug-likeness (QED) is 0.862. The van der Waals surface area contributed by atoms with E-state index in [0.29, 0.717) is 5.75 Å². The van der Waals surface area contributed by atoms with E-state index in [-0.39, 0.29) is 6.04 Å². The van der Waals surface area contributed by atoms with Crippen LogP contribution in [0.1, 0.15) is 12.5 Å². The molecule has 0 aliphatic carbocycles. The summed E-state index contributed by atoms with van der Waals surface area (Å²) in [4.78, 5) is 4.55. The normalized spacial score (nSPS) is 17.5. The molecule has 1 aliphatic heterocycles. The van der Waals surface area contributed by atoms with Crippen LogP contribution in [0, 0.1) is 0 Å². The first-order valence-corrected chi connectivity index (χ1v) is 6.38. The van der Waals surface area contributed by atoms with Crippen LogP contribution in [-0.4, -0.2) is 16.9 Å². The van der Waals surface area contributed by atoms with E-state index in [1.54, 1.807) is 12.1 Å². The predicted octanol–water partition coefficient (Wildman–Crippen LogP) is 3.81. The third-order valence-corrected chi connectivity index (χ3v) is 3.26. The number of aromatic hydroxyl groups is 1. The Balaban J connectivity index is 1.89. The van der Waals surface area contributed by atoms with Crippen molar-refractivity contribution in [3.63, 3.8) is 0 Å². The van der Waals surface area contributed by atoms with E-state index in [2.05, 4.69) is 48.3 Å². The number of nitrogens with zero attached hydrogens (tertiary/aromatic N) is 1. The molecule has 0 fully saturated rings. The van der Waals surface area contributed by atoms with Crippen molar-refractivity contribution in [2.45, 2.75) is 13.0 Å². The average molecular weight is 249 g/mol. The molecule has 1 heterocycles. The lowest BCUT2D eigenvalue weighted by Crippen LogP contribution is -1.95. The number of rotatable bonds is 2. The largest absolute Gasteiger partial charge is 0.508 e. The highest BCUT2D eigenvalue weighted by Crippen LogP contribution is 2.23. The van der Waals surface area contributed by atoms with Crippen molar-refractivity contribution < 1.29 is 5.11 Å². The molecular formula is C17H15NO. The van der Waals surface area contributed by atoms with E-state index in [4.69, 9.17) is 0 Å². The van der Waals surface area contributed by atoms with Crippen LogP contribution in [0.25, 0.3) is 11.1 Å². The van der Waals surface area contributed by atoms with Gasteiger partial charge < -0.3 is 5.11 Å². The molecule has 3 rings (SSSR count). The van der Waals surface area contributed by atoms with Crippen LogP contribution < -0.4 is 0 Å². The molecule has 0 aromatic heterocycles. The lowest BCUT2D eigenvalue weighted by atomic mass is 10.0. The molecule has 0 amide bonds. The van der Waals surface area contributed by atoms with Crippen LogP contribution in [0.3, 0.4) is 0 Å². The summed E-state index contributed by atoms with van der Waals surface area (Å²) in [7, 11) is 0. The Hall–Kier alpha value is -2.35. The van der Waals surface area contributed by atoms with E-state index in [1.165, 1.54) is 0 Å². The molecule has 1 N–H and O–H groups in total. The van der Waals surface area contributed by atoms with E-state index < -0.39 is 0 Å². The third kappa shape index (κ3) is 2.43.